The molecule has 92 valence electrons. The molecule has 2 aromatic rings. The Morgan fingerprint density at radius 2 is 2.22 bits per heavy atom. The molecule has 18 heavy (non-hydrogen) atoms. The first kappa shape index (κ1) is 12.5. The van der Waals surface area contributed by atoms with Gasteiger partial charge in [0.1, 0.15) is 0 Å². The van der Waals surface area contributed by atoms with E-state index >= 15 is 0 Å². The zero-order chi connectivity index (χ0) is 13.0. The van der Waals surface area contributed by atoms with Crippen LogP contribution in [0.15, 0.2) is 35.7 Å². The molecule has 0 aliphatic rings. The molecule has 0 aliphatic carbocycles. The molecule has 0 fully saturated rings. The third-order valence-corrected chi connectivity index (χ3v) is 3.67. The fourth-order valence-electron chi connectivity index (χ4n) is 1.80. The summed E-state index contributed by atoms with van der Waals surface area (Å²) in [5.74, 6) is 0. The van der Waals surface area contributed by atoms with E-state index in [1.165, 1.54) is 4.88 Å². The Hall–Kier alpha value is -1.99. The van der Waals surface area contributed by atoms with E-state index < -0.39 is 0 Å². The largest absolute Gasteiger partial charge is 0.398 e. The van der Waals surface area contributed by atoms with Crippen LogP contribution in [0.3, 0.4) is 0 Å². The van der Waals surface area contributed by atoms with Gasteiger partial charge in [0.2, 0.25) is 0 Å². The van der Waals surface area contributed by atoms with Crippen molar-refractivity contribution in [3.8, 4) is 6.07 Å². The highest BCUT2D eigenvalue weighted by Crippen LogP contribution is 2.23. The summed E-state index contributed by atoms with van der Waals surface area (Å²) >= 11 is 1.74. The molecule has 1 aromatic heterocycles. The molecular weight excluding hydrogens is 242 g/mol. The Kier molecular flexibility index (Phi) is 3.85. The molecule has 0 radical (unpaired) electrons. The van der Waals surface area contributed by atoms with Gasteiger partial charge in [-0.05, 0) is 35.2 Å². The number of anilines is 2. The van der Waals surface area contributed by atoms with Gasteiger partial charge in [-0.3, -0.25) is 0 Å². The van der Waals surface area contributed by atoms with Crippen molar-refractivity contribution in [1.29, 1.82) is 5.26 Å². The zero-order valence-corrected chi connectivity index (χ0v) is 11.1. The van der Waals surface area contributed by atoms with E-state index in [1.807, 2.05) is 25.2 Å². The van der Waals surface area contributed by atoms with E-state index in [0.717, 1.165) is 17.8 Å². The molecule has 1 aromatic carbocycles. The third kappa shape index (κ3) is 2.82. The van der Waals surface area contributed by atoms with Crippen LogP contribution in [-0.2, 0) is 13.0 Å². The molecule has 0 bridgehead atoms. The first-order chi connectivity index (χ1) is 8.70. The average Bonchev–Trinajstić information content (AvgIpc) is 2.85. The molecule has 0 spiro atoms. The lowest BCUT2D eigenvalue weighted by atomic mass is 10.1. The molecule has 0 atom stereocenters. The van der Waals surface area contributed by atoms with E-state index in [2.05, 4.69) is 28.5 Å². The molecule has 0 aliphatic heterocycles. The number of nitriles is 1. The van der Waals surface area contributed by atoms with Crippen LogP contribution in [0.4, 0.5) is 11.4 Å². The highest BCUT2D eigenvalue weighted by Gasteiger charge is 2.06. The minimum atomic E-state index is 0.354. The second kappa shape index (κ2) is 5.56. The van der Waals surface area contributed by atoms with Crippen molar-refractivity contribution < 1.29 is 0 Å². The average molecular weight is 257 g/mol. The maximum Gasteiger partial charge on any atom is 0.0670 e. The van der Waals surface area contributed by atoms with Crippen molar-refractivity contribution in [2.75, 3.05) is 17.7 Å². The highest BCUT2D eigenvalue weighted by atomic mass is 32.1. The van der Waals surface area contributed by atoms with Gasteiger partial charge in [0, 0.05) is 23.3 Å². The Morgan fingerprint density at radius 1 is 1.39 bits per heavy atom. The summed E-state index contributed by atoms with van der Waals surface area (Å²) in [5.41, 5.74) is 8.51. The Morgan fingerprint density at radius 3 is 2.89 bits per heavy atom. The molecule has 2 N–H and O–H groups in total. The highest BCUT2D eigenvalue weighted by molar-refractivity contribution is 7.09. The van der Waals surface area contributed by atoms with Gasteiger partial charge in [-0.15, -0.1) is 11.3 Å². The fraction of sp³-hybridized carbons (Fsp3) is 0.214. The first-order valence-corrected chi connectivity index (χ1v) is 6.57. The number of hydrogen-bond acceptors (Lipinski definition) is 4. The van der Waals surface area contributed by atoms with E-state index in [-0.39, 0.29) is 0 Å². The molecule has 0 amide bonds. The fourth-order valence-corrected chi connectivity index (χ4v) is 2.55. The smallest absolute Gasteiger partial charge is 0.0670 e. The summed E-state index contributed by atoms with van der Waals surface area (Å²) in [6, 6.07) is 12.2. The molecule has 4 heteroatoms. The number of nitrogens with zero attached hydrogens (tertiary/aromatic N) is 2. The summed E-state index contributed by atoms with van der Waals surface area (Å²) in [6.45, 7) is 0.869. The van der Waals surface area contributed by atoms with E-state index in [4.69, 9.17) is 11.0 Å². The van der Waals surface area contributed by atoms with Crippen LogP contribution in [-0.4, -0.2) is 7.05 Å². The number of nitrogens with two attached hydrogens (primary N) is 1. The van der Waals surface area contributed by atoms with Crippen molar-refractivity contribution in [3.05, 3.63) is 46.2 Å². The Balaban J connectivity index is 2.17. The molecule has 0 unspecified atom stereocenters. The number of rotatable bonds is 4. The molecular formula is C14H15N3S. The Bertz CT molecular complexity index is 555. The van der Waals surface area contributed by atoms with Crippen molar-refractivity contribution >= 4 is 22.7 Å². The van der Waals surface area contributed by atoms with E-state index in [1.54, 1.807) is 11.3 Å². The van der Waals surface area contributed by atoms with Gasteiger partial charge < -0.3 is 10.6 Å². The second-order valence-electron chi connectivity index (χ2n) is 4.15. The predicted molar refractivity (Wildman–Crippen MR) is 76.6 cm³/mol. The monoisotopic (exact) mass is 257 g/mol. The van der Waals surface area contributed by atoms with Gasteiger partial charge in [0.15, 0.2) is 0 Å². The van der Waals surface area contributed by atoms with Crippen LogP contribution >= 0.6 is 11.3 Å². The van der Waals surface area contributed by atoms with Crippen LogP contribution in [0.25, 0.3) is 0 Å². The SMILES string of the molecule is CN(Cc1cccs1)c1ccc(N)c(CC#N)c1. The topological polar surface area (TPSA) is 53.0 Å². The van der Waals surface area contributed by atoms with Gasteiger partial charge in [0.25, 0.3) is 0 Å². The molecule has 0 saturated heterocycles. The minimum absolute atomic E-state index is 0.354. The maximum absolute atomic E-state index is 8.76. The number of thiophene rings is 1. The summed E-state index contributed by atoms with van der Waals surface area (Å²) < 4.78 is 0. The van der Waals surface area contributed by atoms with Crippen LogP contribution in [0.5, 0.6) is 0 Å². The van der Waals surface area contributed by atoms with Crippen molar-refractivity contribution in [1.82, 2.24) is 0 Å². The van der Waals surface area contributed by atoms with Gasteiger partial charge in [-0.25, -0.2) is 0 Å². The van der Waals surface area contributed by atoms with Gasteiger partial charge >= 0.3 is 0 Å². The standard InChI is InChI=1S/C14H15N3S/c1-17(10-13-3-2-8-18-13)12-4-5-14(16)11(9-12)6-7-15/h2-5,8-9H,6,10,16H2,1H3. The van der Waals surface area contributed by atoms with Gasteiger partial charge in [-0.2, -0.15) is 5.26 Å². The lowest BCUT2D eigenvalue weighted by molar-refractivity contribution is 0.938. The van der Waals surface area contributed by atoms with Crippen molar-refractivity contribution in [3.63, 3.8) is 0 Å². The lowest BCUT2D eigenvalue weighted by Crippen LogP contribution is -2.15. The molecule has 3 nitrogen and oxygen atoms in total. The second-order valence-corrected chi connectivity index (χ2v) is 5.19. The van der Waals surface area contributed by atoms with Gasteiger partial charge in [0.05, 0.1) is 19.0 Å². The normalized spacial score (nSPS) is 10.0. The lowest BCUT2D eigenvalue weighted by Gasteiger charge is -2.19. The van der Waals surface area contributed by atoms with Crippen molar-refractivity contribution in [2.45, 2.75) is 13.0 Å². The van der Waals surface area contributed by atoms with E-state index in [0.29, 0.717) is 12.1 Å². The van der Waals surface area contributed by atoms with Crippen LogP contribution < -0.4 is 10.6 Å². The van der Waals surface area contributed by atoms with E-state index in [9.17, 15) is 0 Å². The third-order valence-electron chi connectivity index (χ3n) is 2.81. The van der Waals surface area contributed by atoms with Crippen LogP contribution in [0.2, 0.25) is 0 Å². The Labute approximate surface area is 111 Å². The van der Waals surface area contributed by atoms with Gasteiger partial charge in [-0.1, -0.05) is 6.07 Å². The molecule has 2 rings (SSSR count). The number of nitrogen functional groups attached to an aromatic ring is 1. The van der Waals surface area contributed by atoms with Crippen molar-refractivity contribution in [2.24, 2.45) is 0 Å². The summed E-state index contributed by atoms with van der Waals surface area (Å²) in [4.78, 5) is 3.47. The quantitative estimate of drug-likeness (QED) is 0.856. The number of hydrogen-bond donors (Lipinski definition) is 1. The minimum Gasteiger partial charge on any atom is -0.398 e. The predicted octanol–water partition coefficient (Wildman–Crippen LogP) is 3.03. The molecule has 0 saturated carbocycles. The van der Waals surface area contributed by atoms with Crippen LogP contribution in [0, 0.1) is 11.3 Å². The summed E-state index contributed by atoms with van der Waals surface area (Å²) in [7, 11) is 2.04. The van der Waals surface area contributed by atoms with Crippen LogP contribution in [0.1, 0.15) is 10.4 Å². The summed E-state index contributed by atoms with van der Waals surface area (Å²) in [6.07, 6.45) is 0.354. The zero-order valence-electron chi connectivity index (χ0n) is 10.3. The number of benzene rings is 1. The summed E-state index contributed by atoms with van der Waals surface area (Å²) in [5, 5.41) is 10.8. The first-order valence-electron chi connectivity index (χ1n) is 5.69. The maximum atomic E-state index is 8.76. The molecule has 1 heterocycles.